The van der Waals surface area contributed by atoms with E-state index in [0.717, 1.165) is 23.0 Å². The smallest absolute Gasteiger partial charge is 0.333 e. The molecule has 0 N–H and O–H groups in total. The zero-order chi connectivity index (χ0) is 45.9. The molecule has 2 aliphatic heterocycles. The van der Waals surface area contributed by atoms with E-state index >= 15 is 0 Å². The molecule has 4 heteroatoms. The molecule has 2 aliphatic carbocycles. The number of furan rings is 1. The number of benzene rings is 7. The Morgan fingerprint density at radius 1 is 0.561 bits per heavy atom. The Labute approximate surface area is 390 Å². The topological polar surface area (TPSA) is 21.3 Å². The lowest BCUT2D eigenvalue weighted by Crippen LogP contribution is -2.61. The molecule has 0 amide bonds. The minimum absolute atomic E-state index is 0.00117. The van der Waals surface area contributed by atoms with Gasteiger partial charge in [-0.15, -0.1) is 0 Å². The van der Waals surface area contributed by atoms with Crippen LogP contribution in [0.5, 0.6) is 0 Å². The summed E-state index contributed by atoms with van der Waals surface area (Å²) in [6.45, 7) is 31.2. The zero-order valence-electron chi connectivity index (χ0n) is 41.2. The van der Waals surface area contributed by atoms with Gasteiger partial charge in [-0.3, -0.25) is 0 Å². The molecule has 3 nitrogen and oxygen atoms in total. The van der Waals surface area contributed by atoms with Gasteiger partial charge in [0.1, 0.15) is 11.2 Å². The van der Waals surface area contributed by atoms with E-state index in [0.29, 0.717) is 0 Å². The summed E-state index contributed by atoms with van der Waals surface area (Å²) in [5.41, 5.74) is 25.8. The van der Waals surface area contributed by atoms with Crippen LogP contribution in [-0.2, 0) is 27.1 Å². The summed E-state index contributed by atoms with van der Waals surface area (Å²) >= 11 is 0. The quantitative estimate of drug-likeness (QED) is 0.153. The van der Waals surface area contributed by atoms with Gasteiger partial charge in [-0.1, -0.05) is 150 Å². The summed E-state index contributed by atoms with van der Waals surface area (Å²) in [5, 5.41) is 5.00. The van der Waals surface area contributed by atoms with Gasteiger partial charge in [-0.25, -0.2) is 0 Å². The number of nitrogens with zero attached hydrogens (tertiary/aromatic N) is 2. The molecule has 0 atom stereocenters. The van der Waals surface area contributed by atoms with Crippen molar-refractivity contribution in [3.05, 3.63) is 148 Å². The molecule has 0 radical (unpaired) electrons. The largest absolute Gasteiger partial charge is 0.455 e. The van der Waals surface area contributed by atoms with Crippen LogP contribution in [0.15, 0.2) is 114 Å². The van der Waals surface area contributed by atoms with Crippen LogP contribution in [0.3, 0.4) is 0 Å². The van der Waals surface area contributed by atoms with Gasteiger partial charge in [0.05, 0.1) is 11.0 Å². The fraction of sp³-hybridized carbons (Fsp3) is 0.323. The van der Waals surface area contributed by atoms with Crippen molar-refractivity contribution in [2.45, 2.75) is 130 Å². The average molecular weight is 861 g/mol. The van der Waals surface area contributed by atoms with Crippen molar-refractivity contribution in [2.75, 3.05) is 4.81 Å². The van der Waals surface area contributed by atoms with Gasteiger partial charge in [0.2, 0.25) is 0 Å². The Morgan fingerprint density at radius 3 is 1.98 bits per heavy atom. The van der Waals surface area contributed by atoms with Crippen molar-refractivity contribution >= 4 is 72.9 Å². The molecule has 0 bridgehead atoms. The molecule has 2 aromatic heterocycles. The number of anilines is 2. The number of aromatic nitrogens is 1. The highest BCUT2D eigenvalue weighted by molar-refractivity contribution is 6.94. The van der Waals surface area contributed by atoms with Gasteiger partial charge in [-0.05, 0) is 145 Å². The van der Waals surface area contributed by atoms with E-state index in [4.69, 9.17) is 4.42 Å². The second-order valence-corrected chi connectivity index (χ2v) is 24.5. The molecule has 9 aromatic rings. The van der Waals surface area contributed by atoms with E-state index in [1.54, 1.807) is 0 Å². The molecule has 66 heavy (non-hydrogen) atoms. The molecule has 328 valence electrons. The lowest BCUT2D eigenvalue weighted by atomic mass is 9.43. The predicted octanol–water partition coefficient (Wildman–Crippen LogP) is 15.5. The van der Waals surface area contributed by atoms with E-state index < -0.39 is 0 Å². The van der Waals surface area contributed by atoms with Crippen LogP contribution in [0.2, 0.25) is 0 Å². The summed E-state index contributed by atoms with van der Waals surface area (Å²) in [7, 11) is 0. The molecule has 0 unspecified atom stereocenters. The monoisotopic (exact) mass is 860 g/mol. The molecule has 0 spiro atoms. The Morgan fingerprint density at radius 2 is 1.24 bits per heavy atom. The highest BCUT2D eigenvalue weighted by Crippen LogP contribution is 2.59. The van der Waals surface area contributed by atoms with Crippen LogP contribution < -0.4 is 15.7 Å². The Kier molecular flexibility index (Phi) is 7.63. The minimum atomic E-state index is -0.267. The lowest BCUT2D eigenvalue weighted by molar-refractivity contribution is 0.332. The second kappa shape index (κ2) is 12.5. The Bertz CT molecular complexity index is 3670. The molecule has 13 rings (SSSR count). The van der Waals surface area contributed by atoms with E-state index in [2.05, 4.69) is 209 Å². The van der Waals surface area contributed by atoms with E-state index in [9.17, 15) is 0 Å². The molecule has 4 heterocycles. The van der Waals surface area contributed by atoms with Crippen molar-refractivity contribution in [1.29, 1.82) is 0 Å². The van der Waals surface area contributed by atoms with Gasteiger partial charge in [0.25, 0.3) is 0 Å². The number of rotatable bonds is 1. The Balaban J connectivity index is 1.27. The van der Waals surface area contributed by atoms with E-state index in [1.165, 1.54) is 123 Å². The van der Waals surface area contributed by atoms with Gasteiger partial charge in [0, 0.05) is 55.1 Å². The summed E-state index contributed by atoms with van der Waals surface area (Å²) in [4.78, 5) is 2.81. The van der Waals surface area contributed by atoms with Gasteiger partial charge in [-0.2, -0.15) is 0 Å². The third kappa shape index (κ3) is 5.06. The molecular formula is C62H61BN2O. The SMILES string of the molecule is Cc1cc2c(cc1N1B3c4c(cc5c(oc6ccccc65)c4-c4c1ccc1c4C(C)(C)c4ccccc4-1)-n1c4ccc(C(C)(C)C)cc4c4cc(C(C)(C)C)cc3c41)C(C)(C)CCC2(C)C. The highest BCUT2D eigenvalue weighted by atomic mass is 16.3. The lowest BCUT2D eigenvalue weighted by Gasteiger charge is -2.46. The molecule has 4 aliphatic rings. The maximum absolute atomic E-state index is 7.31. The van der Waals surface area contributed by atoms with Gasteiger partial charge in [0.15, 0.2) is 0 Å². The fourth-order valence-electron chi connectivity index (χ4n) is 13.2. The van der Waals surface area contributed by atoms with Crippen LogP contribution in [0.25, 0.3) is 71.7 Å². The predicted molar refractivity (Wildman–Crippen MR) is 282 cm³/mol. The Hall–Kier alpha value is -6.00. The van der Waals surface area contributed by atoms with E-state index in [-0.39, 0.29) is 33.9 Å². The first kappa shape index (κ1) is 40.3. The van der Waals surface area contributed by atoms with Crippen molar-refractivity contribution in [3.63, 3.8) is 0 Å². The second-order valence-electron chi connectivity index (χ2n) is 24.5. The average Bonchev–Trinajstić information content (AvgIpc) is 3.88. The summed E-state index contributed by atoms with van der Waals surface area (Å²) in [5.74, 6) is 0. The van der Waals surface area contributed by atoms with E-state index in [1.807, 2.05) is 0 Å². The molecule has 7 aromatic carbocycles. The molecular weight excluding hydrogens is 800 g/mol. The summed E-state index contributed by atoms with van der Waals surface area (Å²) < 4.78 is 9.97. The first-order chi connectivity index (χ1) is 31.2. The number of hydrogen-bond donors (Lipinski definition) is 0. The summed E-state index contributed by atoms with van der Waals surface area (Å²) in [6, 6.07) is 42.9. The van der Waals surface area contributed by atoms with Crippen LogP contribution in [0.1, 0.15) is 135 Å². The van der Waals surface area contributed by atoms with Gasteiger partial charge >= 0.3 is 6.85 Å². The highest BCUT2D eigenvalue weighted by Gasteiger charge is 2.50. The number of fused-ring (bicyclic) bond motifs is 16. The third-order valence-electron chi connectivity index (χ3n) is 17.0. The van der Waals surface area contributed by atoms with Crippen molar-refractivity contribution in [3.8, 4) is 27.9 Å². The maximum Gasteiger partial charge on any atom is 0.333 e. The van der Waals surface area contributed by atoms with Crippen molar-refractivity contribution < 1.29 is 4.42 Å². The number of aryl methyl sites for hydroxylation is 1. The number of para-hydroxylation sites is 1. The van der Waals surface area contributed by atoms with Crippen LogP contribution in [0, 0.1) is 6.92 Å². The molecule has 0 fully saturated rings. The minimum Gasteiger partial charge on any atom is -0.455 e. The van der Waals surface area contributed by atoms with Crippen LogP contribution in [0.4, 0.5) is 11.4 Å². The third-order valence-corrected chi connectivity index (χ3v) is 17.0. The normalized spacial score (nSPS) is 17.3. The first-order valence-corrected chi connectivity index (χ1v) is 24.5. The zero-order valence-corrected chi connectivity index (χ0v) is 41.2. The fourth-order valence-corrected chi connectivity index (χ4v) is 13.2. The maximum atomic E-state index is 7.31. The summed E-state index contributed by atoms with van der Waals surface area (Å²) in [6.07, 6.45) is 2.35. The van der Waals surface area contributed by atoms with Crippen LogP contribution in [-0.4, -0.2) is 11.4 Å². The molecule has 0 saturated carbocycles. The van der Waals surface area contributed by atoms with Gasteiger partial charge < -0.3 is 13.8 Å². The van der Waals surface area contributed by atoms with Crippen molar-refractivity contribution in [2.24, 2.45) is 0 Å². The van der Waals surface area contributed by atoms with Crippen LogP contribution >= 0.6 is 0 Å². The molecule has 0 saturated heterocycles. The van der Waals surface area contributed by atoms with Crippen molar-refractivity contribution in [1.82, 2.24) is 4.57 Å². The first-order valence-electron chi connectivity index (χ1n) is 24.5. The number of hydrogen-bond acceptors (Lipinski definition) is 2. The standard InChI is InChI=1S/C62H61BN2O/c1-34-28-44-45(61(10,11)27-26-60(44,8)9)33-49(34)65-48-25-23-39-37-18-14-16-20-43(37)62(12,13)54(39)52(48)53-55-50(32-42-38-19-15-17-21-51(38)66-57(42)53)64-47-24-22-35(58(2,3)4)29-40(47)41-30-36(59(5,6)7)31-46(56(41)64)63(55)65/h14-25,28-33H,26-27H2,1-13H3.